The van der Waals surface area contributed by atoms with Crippen LogP contribution >= 0.6 is 11.3 Å². The van der Waals surface area contributed by atoms with E-state index >= 15 is 0 Å². The van der Waals surface area contributed by atoms with E-state index in [0.717, 1.165) is 32.9 Å². The number of rotatable bonds is 4. The molecule has 0 radical (unpaired) electrons. The maximum absolute atomic E-state index is 12.7. The number of halogens is 3. The lowest BCUT2D eigenvalue weighted by Crippen LogP contribution is -2.03. The molecule has 0 amide bonds. The van der Waals surface area contributed by atoms with Crippen LogP contribution in [0.2, 0.25) is 0 Å². The van der Waals surface area contributed by atoms with E-state index in [1.165, 1.54) is 23.5 Å². The van der Waals surface area contributed by atoms with Gasteiger partial charge in [-0.25, -0.2) is 4.98 Å². The third kappa shape index (κ3) is 3.73. The molecule has 0 aliphatic rings. The number of nitriles is 1. The van der Waals surface area contributed by atoms with Gasteiger partial charge in [-0.05, 0) is 35.4 Å². The summed E-state index contributed by atoms with van der Waals surface area (Å²) in [6, 6.07) is 12.6. The standard InChI is InChI=1S/C19H11F3N4OS/c20-19(21,22)13-4-1-11(2-5-13)12-3-6-15-14(9-12)24-18(28-15)10-17-26-25-16(27-17)7-8-23/h1-6,9H,7,10H2. The van der Waals surface area contributed by atoms with Crippen molar-refractivity contribution in [2.24, 2.45) is 0 Å². The highest BCUT2D eigenvalue weighted by Crippen LogP contribution is 2.32. The molecule has 9 heteroatoms. The summed E-state index contributed by atoms with van der Waals surface area (Å²) in [5, 5.41) is 17.1. The van der Waals surface area contributed by atoms with E-state index < -0.39 is 11.7 Å². The molecule has 0 fully saturated rings. The lowest BCUT2D eigenvalue weighted by atomic mass is 10.0. The first-order valence-corrected chi connectivity index (χ1v) is 8.99. The third-order valence-corrected chi connectivity index (χ3v) is 5.06. The average molecular weight is 400 g/mol. The van der Waals surface area contributed by atoms with Gasteiger partial charge in [-0.2, -0.15) is 18.4 Å². The molecule has 4 aromatic rings. The van der Waals surface area contributed by atoms with E-state index in [1.807, 2.05) is 24.3 Å². The van der Waals surface area contributed by atoms with Gasteiger partial charge in [-0.3, -0.25) is 0 Å². The molecule has 0 aliphatic heterocycles. The molecule has 0 atom stereocenters. The first-order valence-electron chi connectivity index (χ1n) is 8.18. The highest BCUT2D eigenvalue weighted by atomic mass is 32.1. The first kappa shape index (κ1) is 18.1. The second-order valence-corrected chi connectivity index (χ2v) is 7.08. The van der Waals surface area contributed by atoms with Gasteiger partial charge >= 0.3 is 6.18 Å². The summed E-state index contributed by atoms with van der Waals surface area (Å²) in [4.78, 5) is 4.55. The zero-order chi connectivity index (χ0) is 19.7. The van der Waals surface area contributed by atoms with Gasteiger partial charge in [0.05, 0.1) is 28.3 Å². The van der Waals surface area contributed by atoms with Crippen molar-refractivity contribution in [2.45, 2.75) is 19.0 Å². The fraction of sp³-hybridized carbons (Fsp3) is 0.158. The minimum absolute atomic E-state index is 0.0589. The van der Waals surface area contributed by atoms with E-state index in [4.69, 9.17) is 9.68 Å². The monoisotopic (exact) mass is 400 g/mol. The van der Waals surface area contributed by atoms with Crippen LogP contribution < -0.4 is 0 Å². The Hall–Kier alpha value is -3.25. The Kier molecular flexibility index (Phi) is 4.57. The molecular weight excluding hydrogens is 389 g/mol. The summed E-state index contributed by atoms with van der Waals surface area (Å²) in [5.41, 5.74) is 1.53. The molecule has 0 bridgehead atoms. The molecule has 2 heterocycles. The molecule has 2 aromatic carbocycles. The van der Waals surface area contributed by atoms with Gasteiger partial charge in [0.1, 0.15) is 11.4 Å². The number of benzene rings is 2. The molecule has 28 heavy (non-hydrogen) atoms. The van der Waals surface area contributed by atoms with E-state index in [2.05, 4.69) is 15.2 Å². The van der Waals surface area contributed by atoms with Crippen LogP contribution in [0.25, 0.3) is 21.3 Å². The Morgan fingerprint density at radius 2 is 1.71 bits per heavy atom. The second kappa shape index (κ2) is 7.05. The van der Waals surface area contributed by atoms with Crippen LogP contribution in [0.15, 0.2) is 46.9 Å². The molecule has 5 nitrogen and oxygen atoms in total. The average Bonchev–Trinajstić information content (AvgIpc) is 3.27. The van der Waals surface area contributed by atoms with Crippen LogP contribution in [-0.2, 0) is 19.0 Å². The van der Waals surface area contributed by atoms with Crippen LogP contribution in [0.5, 0.6) is 0 Å². The summed E-state index contributed by atoms with van der Waals surface area (Å²) in [6.45, 7) is 0. The normalized spacial score (nSPS) is 11.6. The number of fused-ring (bicyclic) bond motifs is 1. The van der Waals surface area contributed by atoms with Crippen LogP contribution in [0, 0.1) is 11.3 Å². The fourth-order valence-electron chi connectivity index (χ4n) is 2.71. The van der Waals surface area contributed by atoms with Crippen molar-refractivity contribution < 1.29 is 17.6 Å². The summed E-state index contributed by atoms with van der Waals surface area (Å²) < 4.78 is 44.5. The fourth-order valence-corrected chi connectivity index (χ4v) is 3.65. The third-order valence-electron chi connectivity index (χ3n) is 4.02. The van der Waals surface area contributed by atoms with Gasteiger partial charge in [-0.15, -0.1) is 21.5 Å². The molecule has 0 saturated carbocycles. The number of hydrogen-bond acceptors (Lipinski definition) is 6. The molecule has 0 saturated heterocycles. The molecule has 140 valence electrons. The number of thiazole rings is 1. The van der Waals surface area contributed by atoms with Crippen molar-refractivity contribution in [3.8, 4) is 17.2 Å². The Balaban J connectivity index is 1.58. The van der Waals surface area contributed by atoms with E-state index in [0.29, 0.717) is 17.9 Å². The van der Waals surface area contributed by atoms with E-state index in [-0.39, 0.29) is 12.3 Å². The van der Waals surface area contributed by atoms with Crippen molar-refractivity contribution in [2.75, 3.05) is 0 Å². The van der Waals surface area contributed by atoms with Crippen molar-refractivity contribution in [3.05, 3.63) is 64.8 Å². The van der Waals surface area contributed by atoms with Crippen molar-refractivity contribution in [1.29, 1.82) is 5.26 Å². The summed E-state index contributed by atoms with van der Waals surface area (Å²) in [7, 11) is 0. The molecule has 2 aromatic heterocycles. The summed E-state index contributed by atoms with van der Waals surface area (Å²) in [6.07, 6.45) is -3.94. The van der Waals surface area contributed by atoms with Gasteiger partial charge in [0, 0.05) is 0 Å². The quantitative estimate of drug-likeness (QED) is 0.481. The zero-order valence-corrected chi connectivity index (χ0v) is 15.0. The number of aromatic nitrogens is 3. The Bertz CT molecular complexity index is 1170. The SMILES string of the molecule is N#CCc1nnc(Cc2nc3cc(-c4ccc(C(F)(F)F)cc4)ccc3s2)o1. The van der Waals surface area contributed by atoms with Crippen LogP contribution in [0.4, 0.5) is 13.2 Å². The molecule has 4 rings (SSSR count). The van der Waals surface area contributed by atoms with Crippen molar-refractivity contribution in [1.82, 2.24) is 15.2 Å². The number of hydrogen-bond donors (Lipinski definition) is 0. The van der Waals surface area contributed by atoms with Gasteiger partial charge in [-0.1, -0.05) is 18.2 Å². The summed E-state index contributed by atoms with van der Waals surface area (Å²) in [5.74, 6) is 0.649. The topological polar surface area (TPSA) is 75.6 Å². The minimum Gasteiger partial charge on any atom is -0.424 e. The summed E-state index contributed by atoms with van der Waals surface area (Å²) >= 11 is 1.47. The second-order valence-electron chi connectivity index (χ2n) is 5.97. The Morgan fingerprint density at radius 1 is 1.00 bits per heavy atom. The largest absolute Gasteiger partial charge is 0.424 e. The lowest BCUT2D eigenvalue weighted by molar-refractivity contribution is -0.137. The first-order chi connectivity index (χ1) is 13.4. The van der Waals surface area contributed by atoms with Gasteiger partial charge in [0.15, 0.2) is 0 Å². The zero-order valence-electron chi connectivity index (χ0n) is 14.2. The van der Waals surface area contributed by atoms with Gasteiger partial charge in [0.2, 0.25) is 11.8 Å². The van der Waals surface area contributed by atoms with Gasteiger partial charge in [0.25, 0.3) is 0 Å². The molecule has 0 aliphatic carbocycles. The van der Waals surface area contributed by atoms with Crippen molar-refractivity contribution >= 4 is 21.6 Å². The maximum Gasteiger partial charge on any atom is 0.416 e. The predicted molar refractivity (Wildman–Crippen MR) is 96.5 cm³/mol. The number of nitrogens with zero attached hydrogens (tertiary/aromatic N) is 4. The Morgan fingerprint density at radius 3 is 2.43 bits per heavy atom. The molecule has 0 unspecified atom stereocenters. The van der Waals surface area contributed by atoms with Gasteiger partial charge < -0.3 is 4.42 Å². The highest BCUT2D eigenvalue weighted by Gasteiger charge is 2.29. The van der Waals surface area contributed by atoms with Crippen LogP contribution in [0.3, 0.4) is 0 Å². The predicted octanol–water partition coefficient (Wildman–Crippen LogP) is 5.02. The van der Waals surface area contributed by atoms with E-state index in [9.17, 15) is 13.2 Å². The lowest BCUT2D eigenvalue weighted by Gasteiger charge is -2.07. The van der Waals surface area contributed by atoms with E-state index in [1.54, 1.807) is 0 Å². The number of alkyl halides is 3. The molecule has 0 N–H and O–H groups in total. The molecule has 0 spiro atoms. The van der Waals surface area contributed by atoms with Crippen LogP contribution in [-0.4, -0.2) is 15.2 Å². The maximum atomic E-state index is 12.7. The Labute approximate surface area is 161 Å². The van der Waals surface area contributed by atoms with Crippen molar-refractivity contribution in [3.63, 3.8) is 0 Å². The molecular formula is C19H11F3N4OS. The minimum atomic E-state index is -4.35. The smallest absolute Gasteiger partial charge is 0.416 e. The highest BCUT2D eigenvalue weighted by molar-refractivity contribution is 7.18. The van der Waals surface area contributed by atoms with Crippen LogP contribution in [0.1, 0.15) is 22.4 Å².